The number of nitrogens with zero attached hydrogens (tertiary/aromatic N) is 2. The lowest BCUT2D eigenvalue weighted by molar-refractivity contribution is -0.143. The van der Waals surface area contributed by atoms with Crippen LogP contribution in [-0.2, 0) is 28.8 Å². The van der Waals surface area contributed by atoms with E-state index in [1.165, 1.54) is 4.90 Å². The Morgan fingerprint density at radius 1 is 0.947 bits per heavy atom. The van der Waals surface area contributed by atoms with Crippen molar-refractivity contribution in [3.63, 3.8) is 0 Å². The van der Waals surface area contributed by atoms with Crippen LogP contribution in [0.4, 0.5) is 26.3 Å². The van der Waals surface area contributed by atoms with E-state index >= 15 is 0 Å². The fourth-order valence-electron chi connectivity index (χ4n) is 4.40. The van der Waals surface area contributed by atoms with Crippen LogP contribution in [0.1, 0.15) is 38.2 Å². The molecular weight excluding hydrogens is 536 g/mol. The zero-order chi connectivity index (χ0) is 28.5. The molecule has 0 saturated carbocycles. The summed E-state index contributed by atoms with van der Waals surface area (Å²) >= 11 is 0. The predicted octanol–water partition coefficient (Wildman–Crippen LogP) is 4.26. The van der Waals surface area contributed by atoms with Crippen LogP contribution in [-0.4, -0.2) is 69.1 Å². The van der Waals surface area contributed by atoms with Gasteiger partial charge in [0.2, 0.25) is 10.0 Å². The van der Waals surface area contributed by atoms with Crippen molar-refractivity contribution in [1.82, 2.24) is 14.5 Å². The largest absolute Gasteiger partial charge is 0.416 e. The van der Waals surface area contributed by atoms with Crippen LogP contribution in [0.3, 0.4) is 0 Å². The number of nitrogens with one attached hydrogen (secondary N) is 1. The quantitative estimate of drug-likeness (QED) is 0.510. The van der Waals surface area contributed by atoms with E-state index in [4.69, 9.17) is 0 Å². The van der Waals surface area contributed by atoms with Gasteiger partial charge >= 0.3 is 12.4 Å². The number of alkyl halides is 6. The number of carbonyl (C=O) groups excluding carboxylic acids is 1. The summed E-state index contributed by atoms with van der Waals surface area (Å²) in [6.45, 7) is 4.85. The third-order valence-electron chi connectivity index (χ3n) is 6.50. The zero-order valence-electron chi connectivity index (χ0n) is 21.1. The molecule has 1 amide bonds. The summed E-state index contributed by atoms with van der Waals surface area (Å²) in [5, 5.41) is 0. The first-order valence-electron chi connectivity index (χ1n) is 11.8. The molecule has 0 aromatic heterocycles. The Labute approximate surface area is 217 Å². The molecule has 1 unspecified atom stereocenters. The minimum Gasteiger partial charge on any atom is -0.333 e. The molecule has 0 spiro atoms. The average molecular weight is 566 g/mol. The summed E-state index contributed by atoms with van der Waals surface area (Å²) in [5.41, 5.74) is -0.893. The van der Waals surface area contributed by atoms with E-state index < -0.39 is 51.0 Å². The normalized spacial score (nSPS) is 17.6. The summed E-state index contributed by atoms with van der Waals surface area (Å²) in [5.74, 6) is -0.927. The number of aryl methyl sites for hydroxylation is 2. The van der Waals surface area contributed by atoms with E-state index in [9.17, 15) is 39.6 Å². The molecule has 38 heavy (non-hydrogen) atoms. The number of amides is 1. The van der Waals surface area contributed by atoms with Gasteiger partial charge in [-0.15, -0.1) is 0 Å². The molecule has 0 bridgehead atoms. The van der Waals surface area contributed by atoms with Crippen LogP contribution < -0.4 is 4.72 Å². The Bertz CT molecular complexity index is 1250. The van der Waals surface area contributed by atoms with Crippen molar-refractivity contribution in [2.75, 3.05) is 39.0 Å². The Balaban J connectivity index is 1.93. The smallest absolute Gasteiger partial charge is 0.333 e. The van der Waals surface area contributed by atoms with Gasteiger partial charge in [0, 0.05) is 44.3 Å². The maximum atomic E-state index is 13.4. The fourth-order valence-corrected chi connectivity index (χ4v) is 4.86. The average Bonchev–Trinajstić information content (AvgIpc) is 2.79. The topological polar surface area (TPSA) is 69.7 Å². The molecule has 1 heterocycles. The molecule has 210 valence electrons. The first-order chi connectivity index (χ1) is 17.4. The molecule has 1 aliphatic rings. The second-order valence-electron chi connectivity index (χ2n) is 9.54. The monoisotopic (exact) mass is 565 g/mol. The number of hydrogen-bond acceptors (Lipinski definition) is 4. The second-order valence-corrected chi connectivity index (χ2v) is 11.4. The SMILES string of the molecule is Cc1ccc(CC2CN(CCNS(C)(=O)=O)CCN2C(=O)c2cc(C(F)(F)F)cc(C(F)(F)F)c2)cc1C. The van der Waals surface area contributed by atoms with Gasteiger partial charge in [0.25, 0.3) is 5.91 Å². The van der Waals surface area contributed by atoms with Gasteiger partial charge in [-0.3, -0.25) is 9.69 Å². The van der Waals surface area contributed by atoms with E-state index in [1.807, 2.05) is 36.9 Å². The van der Waals surface area contributed by atoms with E-state index in [0.29, 0.717) is 25.1 Å². The Hall–Kier alpha value is -2.64. The molecule has 13 heteroatoms. The van der Waals surface area contributed by atoms with Gasteiger partial charge in [0.05, 0.1) is 17.4 Å². The van der Waals surface area contributed by atoms with Gasteiger partial charge in [-0.2, -0.15) is 26.3 Å². The van der Waals surface area contributed by atoms with Crippen molar-refractivity contribution in [3.05, 3.63) is 69.8 Å². The summed E-state index contributed by atoms with van der Waals surface area (Å²) in [4.78, 5) is 16.6. The minimum atomic E-state index is -5.07. The van der Waals surface area contributed by atoms with Crippen molar-refractivity contribution in [1.29, 1.82) is 0 Å². The summed E-state index contributed by atoms with van der Waals surface area (Å²) in [7, 11) is -3.41. The van der Waals surface area contributed by atoms with E-state index in [-0.39, 0.29) is 32.2 Å². The lowest BCUT2D eigenvalue weighted by Gasteiger charge is -2.42. The summed E-state index contributed by atoms with van der Waals surface area (Å²) in [6, 6.07) is 6.02. The molecule has 6 nitrogen and oxygen atoms in total. The maximum absolute atomic E-state index is 13.4. The summed E-state index contributed by atoms with van der Waals surface area (Å²) < 4.78 is 105. The standard InChI is InChI=1S/C25H29F6N3O3S/c1-16-4-5-18(10-17(16)2)11-22-15-33(7-6-32-38(3,36)37)8-9-34(22)23(35)19-12-20(24(26,27)28)14-21(13-19)25(29,30)31/h4-5,10,12-14,22,32H,6-9,11,15H2,1-3H3. The van der Waals surface area contributed by atoms with Gasteiger partial charge < -0.3 is 4.90 Å². The zero-order valence-corrected chi connectivity index (χ0v) is 21.9. The molecule has 2 aromatic rings. The van der Waals surface area contributed by atoms with Gasteiger partial charge in [-0.25, -0.2) is 13.1 Å². The molecule has 1 N–H and O–H groups in total. The third kappa shape index (κ3) is 7.93. The highest BCUT2D eigenvalue weighted by Gasteiger charge is 2.39. The number of piperazine rings is 1. The third-order valence-corrected chi connectivity index (χ3v) is 7.23. The highest BCUT2D eigenvalue weighted by atomic mass is 32.2. The number of sulfonamides is 1. The Kier molecular flexibility index (Phi) is 8.84. The van der Waals surface area contributed by atoms with Crippen LogP contribution in [0.2, 0.25) is 0 Å². The molecule has 1 aliphatic heterocycles. The first-order valence-corrected chi connectivity index (χ1v) is 13.7. The highest BCUT2D eigenvalue weighted by molar-refractivity contribution is 7.88. The number of carbonyl (C=O) groups is 1. The van der Waals surface area contributed by atoms with E-state index in [1.54, 1.807) is 0 Å². The van der Waals surface area contributed by atoms with Crippen molar-refractivity contribution in [2.24, 2.45) is 0 Å². The first kappa shape index (κ1) is 29.9. The lowest BCUT2D eigenvalue weighted by Crippen LogP contribution is -2.57. The Morgan fingerprint density at radius 3 is 2.08 bits per heavy atom. The van der Waals surface area contributed by atoms with Crippen LogP contribution in [0.15, 0.2) is 36.4 Å². The fraction of sp³-hybridized carbons (Fsp3) is 0.480. The molecule has 3 rings (SSSR count). The van der Waals surface area contributed by atoms with Gasteiger partial charge in [0.15, 0.2) is 0 Å². The Morgan fingerprint density at radius 2 is 1.55 bits per heavy atom. The van der Waals surface area contributed by atoms with Crippen molar-refractivity contribution < 1.29 is 39.6 Å². The van der Waals surface area contributed by atoms with Crippen molar-refractivity contribution in [3.8, 4) is 0 Å². The molecule has 0 radical (unpaired) electrons. The predicted molar refractivity (Wildman–Crippen MR) is 130 cm³/mol. The number of rotatable bonds is 7. The molecule has 1 saturated heterocycles. The van der Waals surface area contributed by atoms with E-state index in [0.717, 1.165) is 22.9 Å². The number of benzene rings is 2. The lowest BCUT2D eigenvalue weighted by atomic mass is 9.97. The maximum Gasteiger partial charge on any atom is 0.416 e. The molecule has 0 aliphatic carbocycles. The molecule has 2 aromatic carbocycles. The van der Waals surface area contributed by atoms with Crippen LogP contribution in [0.5, 0.6) is 0 Å². The van der Waals surface area contributed by atoms with Crippen LogP contribution >= 0.6 is 0 Å². The van der Waals surface area contributed by atoms with Gasteiger partial charge in [0.1, 0.15) is 0 Å². The number of hydrogen-bond donors (Lipinski definition) is 1. The van der Waals surface area contributed by atoms with Crippen molar-refractivity contribution >= 4 is 15.9 Å². The molecule has 1 fully saturated rings. The van der Waals surface area contributed by atoms with Crippen LogP contribution in [0, 0.1) is 13.8 Å². The van der Waals surface area contributed by atoms with E-state index in [2.05, 4.69) is 4.72 Å². The second kappa shape index (κ2) is 11.2. The summed E-state index contributed by atoms with van der Waals surface area (Å²) in [6.07, 6.45) is -8.80. The van der Waals surface area contributed by atoms with Crippen LogP contribution in [0.25, 0.3) is 0 Å². The van der Waals surface area contributed by atoms with Gasteiger partial charge in [-0.05, 0) is 55.2 Å². The van der Waals surface area contributed by atoms with Crippen molar-refractivity contribution in [2.45, 2.75) is 38.7 Å². The molecular formula is C25H29F6N3O3S. The highest BCUT2D eigenvalue weighted by Crippen LogP contribution is 2.37. The minimum absolute atomic E-state index is 0.00391. The number of halogens is 6. The molecule has 1 atom stereocenters. The van der Waals surface area contributed by atoms with Gasteiger partial charge in [-0.1, -0.05) is 18.2 Å².